The van der Waals surface area contributed by atoms with Gasteiger partial charge in [0.25, 0.3) is 0 Å². The van der Waals surface area contributed by atoms with Gasteiger partial charge in [-0.2, -0.15) is 0 Å². The molecule has 0 bridgehead atoms. The second-order valence-electron chi connectivity index (χ2n) is 4.96. The quantitative estimate of drug-likeness (QED) is 0.723. The van der Waals surface area contributed by atoms with Crippen LogP contribution in [0, 0.1) is 11.8 Å². The number of ether oxygens (including phenoxy) is 1. The molecule has 0 saturated carbocycles. The number of nitrogens with one attached hydrogen (secondary N) is 1. The van der Waals surface area contributed by atoms with E-state index in [4.69, 9.17) is 4.74 Å². The fourth-order valence-electron chi connectivity index (χ4n) is 3.12. The van der Waals surface area contributed by atoms with Gasteiger partial charge in [0.15, 0.2) is 0 Å². The van der Waals surface area contributed by atoms with Gasteiger partial charge >= 0.3 is 0 Å². The van der Waals surface area contributed by atoms with Crippen LogP contribution in [0.15, 0.2) is 0 Å². The molecular weight excluding hydrogens is 190 g/mol. The highest BCUT2D eigenvalue weighted by Gasteiger charge is 2.44. The molecule has 2 rings (SSSR count). The normalized spacial score (nSPS) is 42.8. The maximum absolute atomic E-state index is 10.8. The molecule has 3 nitrogen and oxygen atoms in total. The molecule has 2 heterocycles. The maximum Gasteiger partial charge on any atom is 0.0749 e. The van der Waals surface area contributed by atoms with E-state index in [1.165, 1.54) is 0 Å². The van der Waals surface area contributed by atoms with Gasteiger partial charge in [-0.15, -0.1) is 0 Å². The molecule has 15 heavy (non-hydrogen) atoms. The number of rotatable bonds is 2. The fourth-order valence-corrected chi connectivity index (χ4v) is 3.12. The Hall–Kier alpha value is -0.120. The van der Waals surface area contributed by atoms with E-state index in [1.54, 1.807) is 0 Å². The van der Waals surface area contributed by atoms with Gasteiger partial charge in [-0.1, -0.05) is 6.92 Å². The van der Waals surface area contributed by atoms with E-state index in [9.17, 15) is 5.11 Å². The Kier molecular flexibility index (Phi) is 3.65. The number of hydrogen-bond donors (Lipinski definition) is 2. The van der Waals surface area contributed by atoms with Crippen molar-refractivity contribution in [1.82, 2.24) is 5.32 Å². The Morgan fingerprint density at radius 2 is 2.40 bits per heavy atom. The summed E-state index contributed by atoms with van der Waals surface area (Å²) in [6.07, 6.45) is 4.18. The first-order valence-electron chi connectivity index (χ1n) is 6.28. The zero-order chi connectivity index (χ0) is 10.7. The molecule has 0 aliphatic carbocycles. The van der Waals surface area contributed by atoms with Crippen molar-refractivity contribution in [3.05, 3.63) is 0 Å². The van der Waals surface area contributed by atoms with Crippen LogP contribution in [0.4, 0.5) is 0 Å². The first-order valence-corrected chi connectivity index (χ1v) is 6.28. The molecule has 2 aliphatic heterocycles. The van der Waals surface area contributed by atoms with Crippen LogP contribution >= 0.6 is 0 Å². The average Bonchev–Trinajstić information content (AvgIpc) is 2.31. The number of piperidine rings is 1. The summed E-state index contributed by atoms with van der Waals surface area (Å²) in [4.78, 5) is 0. The van der Waals surface area contributed by atoms with Gasteiger partial charge in [-0.25, -0.2) is 0 Å². The highest BCUT2D eigenvalue weighted by atomic mass is 16.5. The van der Waals surface area contributed by atoms with E-state index < -0.39 is 5.60 Å². The summed E-state index contributed by atoms with van der Waals surface area (Å²) in [6, 6.07) is 0. The minimum absolute atomic E-state index is 0.360. The van der Waals surface area contributed by atoms with Crippen molar-refractivity contribution in [3.63, 3.8) is 0 Å². The van der Waals surface area contributed by atoms with Crippen molar-refractivity contribution in [2.75, 3.05) is 26.3 Å². The van der Waals surface area contributed by atoms with Gasteiger partial charge in [-0.05, 0) is 32.2 Å². The SMILES string of the molecule is CCC1CNCCC1(O)C1CCCOC1. The summed E-state index contributed by atoms with van der Waals surface area (Å²) in [7, 11) is 0. The van der Waals surface area contributed by atoms with Crippen molar-refractivity contribution in [2.45, 2.75) is 38.2 Å². The number of hydrogen-bond acceptors (Lipinski definition) is 3. The van der Waals surface area contributed by atoms with Crippen LogP contribution in [0.25, 0.3) is 0 Å². The topological polar surface area (TPSA) is 41.5 Å². The molecule has 0 aromatic heterocycles. The molecule has 2 fully saturated rings. The summed E-state index contributed by atoms with van der Waals surface area (Å²) < 4.78 is 5.51. The van der Waals surface area contributed by atoms with Crippen LogP contribution in [0.1, 0.15) is 32.6 Å². The molecule has 0 aromatic carbocycles. The van der Waals surface area contributed by atoms with Gasteiger partial charge in [0.2, 0.25) is 0 Å². The Morgan fingerprint density at radius 1 is 1.53 bits per heavy atom. The molecule has 3 unspecified atom stereocenters. The lowest BCUT2D eigenvalue weighted by Gasteiger charge is -2.46. The Labute approximate surface area is 92.2 Å². The zero-order valence-corrected chi connectivity index (χ0v) is 9.67. The average molecular weight is 213 g/mol. The Balaban J connectivity index is 2.06. The largest absolute Gasteiger partial charge is 0.389 e. The second-order valence-corrected chi connectivity index (χ2v) is 4.96. The minimum Gasteiger partial charge on any atom is -0.389 e. The molecular formula is C12H23NO2. The fraction of sp³-hybridized carbons (Fsp3) is 1.00. The monoisotopic (exact) mass is 213 g/mol. The Bertz CT molecular complexity index is 204. The zero-order valence-electron chi connectivity index (χ0n) is 9.67. The molecule has 0 radical (unpaired) electrons. The van der Waals surface area contributed by atoms with Crippen LogP contribution in [0.3, 0.4) is 0 Å². The van der Waals surface area contributed by atoms with E-state index in [-0.39, 0.29) is 0 Å². The van der Waals surface area contributed by atoms with E-state index in [0.29, 0.717) is 11.8 Å². The lowest BCUT2D eigenvalue weighted by molar-refractivity contribution is -0.127. The molecule has 88 valence electrons. The summed E-state index contributed by atoms with van der Waals surface area (Å²) in [6.45, 7) is 5.72. The van der Waals surface area contributed by atoms with Crippen LogP contribution in [0.5, 0.6) is 0 Å². The predicted octanol–water partition coefficient (Wildman–Crippen LogP) is 1.16. The molecule has 3 atom stereocenters. The van der Waals surface area contributed by atoms with Gasteiger partial charge < -0.3 is 15.2 Å². The van der Waals surface area contributed by atoms with Gasteiger partial charge in [0.1, 0.15) is 0 Å². The van der Waals surface area contributed by atoms with Crippen molar-refractivity contribution in [2.24, 2.45) is 11.8 Å². The molecule has 3 heteroatoms. The van der Waals surface area contributed by atoms with Crippen molar-refractivity contribution < 1.29 is 9.84 Å². The van der Waals surface area contributed by atoms with Crippen LogP contribution < -0.4 is 5.32 Å². The second kappa shape index (κ2) is 4.81. The standard InChI is InChI=1S/C12H23NO2/c1-2-10-8-13-6-5-12(10,14)11-4-3-7-15-9-11/h10-11,13-14H,2-9H2,1H3. The van der Waals surface area contributed by atoms with E-state index in [2.05, 4.69) is 12.2 Å². The van der Waals surface area contributed by atoms with E-state index >= 15 is 0 Å². The minimum atomic E-state index is -0.472. The van der Waals surface area contributed by atoms with Crippen LogP contribution in [-0.2, 0) is 4.74 Å². The van der Waals surface area contributed by atoms with Crippen LogP contribution in [0.2, 0.25) is 0 Å². The lowest BCUT2D eigenvalue weighted by atomic mass is 9.70. The van der Waals surface area contributed by atoms with E-state index in [1.807, 2.05) is 0 Å². The third kappa shape index (κ3) is 2.19. The molecule has 2 saturated heterocycles. The first kappa shape index (κ1) is 11.4. The summed E-state index contributed by atoms with van der Waals surface area (Å²) in [5.41, 5.74) is -0.472. The Morgan fingerprint density at radius 3 is 3.07 bits per heavy atom. The molecule has 0 aromatic rings. The maximum atomic E-state index is 10.8. The summed E-state index contributed by atoms with van der Waals surface area (Å²) in [5.74, 6) is 0.760. The smallest absolute Gasteiger partial charge is 0.0749 e. The van der Waals surface area contributed by atoms with Crippen molar-refractivity contribution in [3.8, 4) is 0 Å². The first-order chi connectivity index (χ1) is 7.27. The third-order valence-corrected chi connectivity index (χ3v) is 4.16. The van der Waals surface area contributed by atoms with Gasteiger partial charge in [0.05, 0.1) is 12.2 Å². The summed E-state index contributed by atoms with van der Waals surface area (Å²) >= 11 is 0. The van der Waals surface area contributed by atoms with Gasteiger partial charge in [-0.3, -0.25) is 0 Å². The van der Waals surface area contributed by atoms with Crippen LogP contribution in [-0.4, -0.2) is 37.0 Å². The number of aliphatic hydroxyl groups is 1. The van der Waals surface area contributed by atoms with Crippen molar-refractivity contribution in [1.29, 1.82) is 0 Å². The molecule has 0 amide bonds. The van der Waals surface area contributed by atoms with Gasteiger partial charge in [0, 0.05) is 25.0 Å². The predicted molar refractivity (Wildman–Crippen MR) is 59.8 cm³/mol. The molecule has 2 aliphatic rings. The highest BCUT2D eigenvalue weighted by Crippen LogP contribution is 2.37. The third-order valence-electron chi connectivity index (χ3n) is 4.16. The molecule has 0 spiro atoms. The summed E-state index contributed by atoms with van der Waals surface area (Å²) in [5, 5.41) is 14.2. The molecule has 2 N–H and O–H groups in total. The lowest BCUT2D eigenvalue weighted by Crippen LogP contribution is -2.56. The van der Waals surface area contributed by atoms with E-state index in [0.717, 1.165) is 52.0 Å². The highest BCUT2D eigenvalue weighted by molar-refractivity contribution is 4.97. The van der Waals surface area contributed by atoms with Crippen molar-refractivity contribution >= 4 is 0 Å².